The van der Waals surface area contributed by atoms with Crippen LogP contribution in [0.5, 0.6) is 0 Å². The van der Waals surface area contributed by atoms with E-state index in [1.165, 1.54) is 16.9 Å². The van der Waals surface area contributed by atoms with Crippen molar-refractivity contribution >= 4 is 46.2 Å². The first-order chi connectivity index (χ1) is 15.9. The highest BCUT2D eigenvalue weighted by Gasteiger charge is 2.35. The first-order valence-electron chi connectivity index (χ1n) is 10.8. The third kappa shape index (κ3) is 4.81. The molecule has 1 fully saturated rings. The van der Waals surface area contributed by atoms with Crippen LogP contribution in [0.3, 0.4) is 0 Å². The molecule has 1 unspecified atom stereocenters. The molecule has 0 saturated carbocycles. The predicted molar refractivity (Wildman–Crippen MR) is 133 cm³/mol. The zero-order valence-electron chi connectivity index (χ0n) is 18.6. The van der Waals surface area contributed by atoms with Gasteiger partial charge in [0.05, 0.1) is 16.5 Å². The molecule has 2 amide bonds. The number of amides is 2. The molecule has 1 atom stereocenters. The van der Waals surface area contributed by atoms with E-state index in [2.05, 4.69) is 34.0 Å². The first kappa shape index (κ1) is 23.1. The highest BCUT2D eigenvalue weighted by atomic mass is 32.1. The number of aromatic nitrogens is 4. The lowest BCUT2D eigenvalue weighted by Crippen LogP contribution is -2.28. The van der Waals surface area contributed by atoms with Crippen molar-refractivity contribution in [1.29, 1.82) is 0 Å². The number of anilines is 2. The first-order valence-corrected chi connectivity index (χ1v) is 12.1. The van der Waals surface area contributed by atoms with E-state index in [0.29, 0.717) is 28.8 Å². The summed E-state index contributed by atoms with van der Waals surface area (Å²) in [5.74, 6) is -0.0342. The molecule has 8 nitrogen and oxygen atoms in total. The molecular formula is C23H26N6O2S2. The molecule has 2 aromatic heterocycles. The highest BCUT2D eigenvalue weighted by Crippen LogP contribution is 2.33. The Morgan fingerprint density at radius 1 is 1.39 bits per heavy atom. The van der Waals surface area contributed by atoms with E-state index in [9.17, 15) is 9.59 Å². The number of carbonyl (C=O) groups excluding carboxylic acids is 2. The fourth-order valence-corrected chi connectivity index (χ4v) is 5.09. The highest BCUT2D eigenvalue weighted by molar-refractivity contribution is 7.71. The Hall–Kier alpha value is -3.11. The number of nitrogens with one attached hydrogen (secondary N) is 2. The lowest BCUT2D eigenvalue weighted by molar-refractivity contribution is -0.122. The number of rotatable bonds is 8. The average molecular weight is 483 g/mol. The van der Waals surface area contributed by atoms with Crippen molar-refractivity contribution in [3.63, 3.8) is 0 Å². The number of hydrogen-bond donors (Lipinski definition) is 2. The second-order valence-corrected chi connectivity index (χ2v) is 9.38. The molecule has 33 heavy (non-hydrogen) atoms. The normalized spacial score (nSPS) is 15.8. The van der Waals surface area contributed by atoms with Gasteiger partial charge >= 0.3 is 0 Å². The van der Waals surface area contributed by atoms with E-state index >= 15 is 0 Å². The van der Waals surface area contributed by atoms with E-state index in [-0.39, 0.29) is 18.2 Å². The van der Waals surface area contributed by atoms with Crippen LogP contribution >= 0.6 is 23.6 Å². The molecule has 4 rings (SSSR count). The van der Waals surface area contributed by atoms with Crippen LogP contribution < -0.4 is 10.2 Å². The lowest BCUT2D eigenvalue weighted by atomic mass is 10.1. The minimum Gasteiger partial charge on any atom is -0.312 e. The van der Waals surface area contributed by atoms with Crippen molar-refractivity contribution in [3.8, 4) is 10.7 Å². The number of H-pyrrole nitrogens is 1. The van der Waals surface area contributed by atoms with Crippen LogP contribution in [0.25, 0.3) is 10.7 Å². The van der Waals surface area contributed by atoms with Gasteiger partial charge in [0.2, 0.25) is 11.8 Å². The molecule has 0 aliphatic carbocycles. The maximum Gasteiger partial charge on any atom is 0.231 e. The summed E-state index contributed by atoms with van der Waals surface area (Å²) >= 11 is 6.62. The van der Waals surface area contributed by atoms with Gasteiger partial charge in [-0.05, 0) is 43.3 Å². The molecule has 1 aliphatic rings. The molecule has 0 radical (unpaired) electrons. The van der Waals surface area contributed by atoms with Crippen LogP contribution in [-0.4, -0.2) is 38.1 Å². The fourth-order valence-electron chi connectivity index (χ4n) is 3.92. The number of benzene rings is 1. The standard InChI is InChI=1S/C23H26N6O2S2/c1-4-6-15-7-9-17(10-8-15)29-13-16(12-18(29)30)21(31)25-22-24-14(3)19(33-22)20-26-27-23(32)28(20)11-5-2/h5,7-10,16H,2,4,6,11-13H2,1,3H3,(H,27,32)(H,24,25,31). The molecular weight excluding hydrogens is 456 g/mol. The van der Waals surface area contributed by atoms with Crippen molar-refractivity contribution in [2.24, 2.45) is 5.92 Å². The summed E-state index contributed by atoms with van der Waals surface area (Å²) < 4.78 is 2.32. The summed E-state index contributed by atoms with van der Waals surface area (Å²) in [6, 6.07) is 7.99. The Kier molecular flexibility index (Phi) is 6.85. The SMILES string of the molecule is C=CCn1c(-c2sc(NC(=O)C3CC(=O)N(c4ccc(CCC)cc4)C3)nc2C)n[nH]c1=S. The van der Waals surface area contributed by atoms with Gasteiger partial charge in [0.1, 0.15) is 0 Å². The van der Waals surface area contributed by atoms with Crippen molar-refractivity contribution in [1.82, 2.24) is 19.7 Å². The van der Waals surface area contributed by atoms with E-state index in [1.807, 2.05) is 35.8 Å². The van der Waals surface area contributed by atoms with Gasteiger partial charge in [-0.2, -0.15) is 5.10 Å². The van der Waals surface area contributed by atoms with Crippen LogP contribution in [0.1, 0.15) is 31.0 Å². The smallest absolute Gasteiger partial charge is 0.231 e. The third-order valence-corrected chi connectivity index (χ3v) is 6.96. The predicted octanol–water partition coefficient (Wildman–Crippen LogP) is 4.50. The zero-order chi connectivity index (χ0) is 23.5. The van der Waals surface area contributed by atoms with Gasteiger partial charge in [0, 0.05) is 25.2 Å². The second-order valence-electron chi connectivity index (χ2n) is 8.00. The molecule has 3 aromatic rings. The quantitative estimate of drug-likeness (QED) is 0.364. The topological polar surface area (TPSA) is 95.9 Å². The average Bonchev–Trinajstić information content (AvgIpc) is 3.46. The van der Waals surface area contributed by atoms with Crippen LogP contribution in [0.4, 0.5) is 10.8 Å². The van der Waals surface area contributed by atoms with Gasteiger partial charge in [-0.15, -0.1) is 6.58 Å². The number of nitrogens with zero attached hydrogens (tertiary/aromatic N) is 4. The summed E-state index contributed by atoms with van der Waals surface area (Å²) in [6.45, 7) is 8.63. The van der Waals surface area contributed by atoms with Crippen LogP contribution in [0, 0.1) is 17.6 Å². The van der Waals surface area contributed by atoms with Gasteiger partial charge in [-0.1, -0.05) is 42.9 Å². The minimum atomic E-state index is -0.434. The molecule has 172 valence electrons. The lowest BCUT2D eigenvalue weighted by Gasteiger charge is -2.17. The fraction of sp³-hybridized carbons (Fsp3) is 0.348. The molecule has 1 saturated heterocycles. The maximum atomic E-state index is 12.9. The minimum absolute atomic E-state index is 0.0469. The van der Waals surface area contributed by atoms with Gasteiger partial charge in [-0.3, -0.25) is 19.3 Å². The monoisotopic (exact) mass is 482 g/mol. The van der Waals surface area contributed by atoms with Gasteiger partial charge < -0.3 is 10.2 Å². The maximum absolute atomic E-state index is 12.9. The Morgan fingerprint density at radius 2 is 2.15 bits per heavy atom. The summed E-state index contributed by atoms with van der Waals surface area (Å²) in [4.78, 5) is 32.5. The third-order valence-electron chi connectivity index (χ3n) is 5.58. The number of thiazole rings is 1. The van der Waals surface area contributed by atoms with Gasteiger partial charge in [-0.25, -0.2) is 4.98 Å². The van der Waals surface area contributed by atoms with Crippen molar-refractivity contribution < 1.29 is 9.59 Å². The molecule has 0 spiro atoms. The summed E-state index contributed by atoms with van der Waals surface area (Å²) in [6.07, 6.45) is 4.00. The molecule has 1 aromatic carbocycles. The van der Waals surface area contributed by atoms with Crippen molar-refractivity contribution in [2.75, 3.05) is 16.8 Å². The van der Waals surface area contributed by atoms with E-state index in [0.717, 1.165) is 29.1 Å². The summed E-state index contributed by atoms with van der Waals surface area (Å²) in [5, 5.41) is 10.5. The number of carbonyl (C=O) groups is 2. The number of hydrogen-bond acceptors (Lipinski definition) is 6. The van der Waals surface area contributed by atoms with Crippen LogP contribution in [0.15, 0.2) is 36.9 Å². The zero-order valence-corrected chi connectivity index (χ0v) is 20.3. The van der Waals surface area contributed by atoms with E-state index < -0.39 is 5.92 Å². The van der Waals surface area contributed by atoms with Gasteiger partial charge in [0.25, 0.3) is 0 Å². The van der Waals surface area contributed by atoms with Crippen LogP contribution in [0.2, 0.25) is 0 Å². The largest absolute Gasteiger partial charge is 0.312 e. The molecule has 0 bridgehead atoms. The molecule has 10 heteroatoms. The Labute approximate surface area is 201 Å². The van der Waals surface area contributed by atoms with Crippen molar-refractivity contribution in [3.05, 3.63) is 52.9 Å². The summed E-state index contributed by atoms with van der Waals surface area (Å²) in [7, 11) is 0. The number of aryl methyl sites for hydroxylation is 2. The Bertz CT molecular complexity index is 1240. The van der Waals surface area contributed by atoms with Crippen LogP contribution in [-0.2, 0) is 22.6 Å². The van der Waals surface area contributed by atoms with E-state index in [1.54, 1.807) is 11.0 Å². The summed E-state index contributed by atoms with van der Waals surface area (Å²) in [5.41, 5.74) is 2.81. The van der Waals surface area contributed by atoms with Crippen molar-refractivity contribution in [2.45, 2.75) is 39.7 Å². The molecule has 2 N–H and O–H groups in total. The number of allylic oxidation sites excluding steroid dienone is 1. The van der Waals surface area contributed by atoms with Gasteiger partial charge in [0.15, 0.2) is 15.7 Å². The number of aromatic amines is 1. The molecule has 1 aliphatic heterocycles. The second kappa shape index (κ2) is 9.80. The van der Waals surface area contributed by atoms with E-state index in [4.69, 9.17) is 12.2 Å². The Morgan fingerprint density at radius 3 is 2.85 bits per heavy atom. The Balaban J connectivity index is 1.46. The molecule has 3 heterocycles.